The van der Waals surface area contributed by atoms with Crippen molar-refractivity contribution in [1.82, 2.24) is 4.98 Å². The number of anilines is 1. The molecule has 0 atom stereocenters. The van der Waals surface area contributed by atoms with Crippen molar-refractivity contribution in [3.63, 3.8) is 0 Å². The summed E-state index contributed by atoms with van der Waals surface area (Å²) in [5.41, 5.74) is 6.75. The van der Waals surface area contributed by atoms with Gasteiger partial charge in [-0.1, -0.05) is 0 Å². The summed E-state index contributed by atoms with van der Waals surface area (Å²) in [6, 6.07) is 4.88. The average molecular weight is 242 g/mol. The van der Waals surface area contributed by atoms with E-state index in [1.54, 1.807) is 0 Å². The molecule has 1 aromatic heterocycles. The Morgan fingerprint density at radius 1 is 1.46 bits per heavy atom. The van der Waals surface area contributed by atoms with Crippen LogP contribution in [0.25, 0.3) is 0 Å². The molecule has 13 heavy (non-hydrogen) atoms. The average Bonchev–Trinajstić information content (AvgIpc) is 2.06. The summed E-state index contributed by atoms with van der Waals surface area (Å²) < 4.78 is 0.864. The lowest BCUT2D eigenvalue weighted by atomic mass is 9.87. The molecule has 1 aliphatic carbocycles. The van der Waals surface area contributed by atoms with Crippen molar-refractivity contribution in [2.75, 3.05) is 5.32 Å². The molecule has 1 aromatic rings. The van der Waals surface area contributed by atoms with Gasteiger partial charge in [0.05, 0.1) is 11.9 Å². The molecular formula is C9H12BrN3. The molecule has 2 rings (SSSR count). The molecule has 0 amide bonds. The topological polar surface area (TPSA) is 50.9 Å². The number of pyridine rings is 1. The molecular weight excluding hydrogens is 230 g/mol. The predicted octanol–water partition coefficient (Wildman–Crippen LogP) is 1.75. The van der Waals surface area contributed by atoms with Crippen molar-refractivity contribution in [3.8, 4) is 0 Å². The Bertz CT molecular complexity index is 279. The van der Waals surface area contributed by atoms with E-state index in [4.69, 9.17) is 5.73 Å². The number of hydrogen-bond acceptors (Lipinski definition) is 3. The third-order valence-corrected chi connectivity index (χ3v) is 2.74. The molecule has 0 bridgehead atoms. The van der Waals surface area contributed by atoms with Crippen LogP contribution in [0.4, 0.5) is 5.69 Å². The third kappa shape index (κ3) is 2.19. The number of rotatable bonds is 2. The molecule has 1 heterocycles. The maximum Gasteiger partial charge on any atom is 0.106 e. The van der Waals surface area contributed by atoms with Gasteiger partial charge in [0, 0.05) is 12.1 Å². The second-order valence-corrected chi connectivity index (χ2v) is 4.25. The van der Waals surface area contributed by atoms with Crippen LogP contribution < -0.4 is 11.1 Å². The van der Waals surface area contributed by atoms with Crippen LogP contribution in [0.15, 0.2) is 22.9 Å². The van der Waals surface area contributed by atoms with Gasteiger partial charge >= 0.3 is 0 Å². The Labute approximate surface area is 85.9 Å². The number of nitrogens with one attached hydrogen (secondary N) is 1. The zero-order valence-electron chi connectivity index (χ0n) is 7.20. The highest BCUT2D eigenvalue weighted by Gasteiger charge is 2.25. The number of nitrogens with two attached hydrogens (primary N) is 1. The molecule has 1 aliphatic rings. The van der Waals surface area contributed by atoms with Gasteiger partial charge in [0.1, 0.15) is 4.60 Å². The number of hydrogen-bond donors (Lipinski definition) is 2. The van der Waals surface area contributed by atoms with Crippen LogP contribution in [0.3, 0.4) is 0 Å². The molecule has 0 saturated heterocycles. The summed E-state index contributed by atoms with van der Waals surface area (Å²) >= 11 is 3.29. The number of aromatic nitrogens is 1. The predicted molar refractivity (Wildman–Crippen MR) is 56.6 cm³/mol. The maximum absolute atomic E-state index is 5.68. The van der Waals surface area contributed by atoms with Crippen molar-refractivity contribution >= 4 is 21.6 Å². The summed E-state index contributed by atoms with van der Waals surface area (Å²) in [5.74, 6) is 0. The van der Waals surface area contributed by atoms with Gasteiger partial charge in [0.15, 0.2) is 0 Å². The Morgan fingerprint density at radius 2 is 2.23 bits per heavy atom. The Balaban J connectivity index is 1.91. The van der Waals surface area contributed by atoms with Crippen molar-refractivity contribution in [3.05, 3.63) is 22.9 Å². The minimum atomic E-state index is 0.390. The lowest BCUT2D eigenvalue weighted by molar-refractivity contribution is 0.373. The number of halogens is 1. The van der Waals surface area contributed by atoms with Crippen LogP contribution in [0, 0.1) is 0 Å². The largest absolute Gasteiger partial charge is 0.381 e. The molecule has 0 aromatic carbocycles. The third-order valence-electron chi connectivity index (χ3n) is 2.27. The van der Waals surface area contributed by atoms with E-state index in [-0.39, 0.29) is 0 Å². The molecule has 70 valence electrons. The Hall–Kier alpha value is -0.610. The SMILES string of the molecule is NC1CC(Nc2ccc(Br)nc2)C1. The van der Waals surface area contributed by atoms with E-state index in [2.05, 4.69) is 26.2 Å². The first-order chi connectivity index (χ1) is 6.24. The van der Waals surface area contributed by atoms with Crippen LogP contribution in [0.5, 0.6) is 0 Å². The smallest absolute Gasteiger partial charge is 0.106 e. The quantitative estimate of drug-likeness (QED) is 0.777. The summed E-state index contributed by atoms with van der Waals surface area (Å²) in [5, 5.41) is 3.37. The highest BCUT2D eigenvalue weighted by Crippen LogP contribution is 2.22. The molecule has 0 aliphatic heterocycles. The van der Waals surface area contributed by atoms with E-state index in [0.717, 1.165) is 23.1 Å². The second kappa shape index (κ2) is 3.64. The normalized spacial score (nSPS) is 26.6. The fourth-order valence-electron chi connectivity index (χ4n) is 1.48. The maximum atomic E-state index is 5.68. The molecule has 3 N–H and O–H groups in total. The minimum absolute atomic E-state index is 0.390. The first kappa shape index (κ1) is 8.97. The summed E-state index contributed by atoms with van der Waals surface area (Å²) in [6.07, 6.45) is 3.96. The van der Waals surface area contributed by atoms with Crippen LogP contribution >= 0.6 is 15.9 Å². The van der Waals surface area contributed by atoms with Gasteiger partial charge in [0.25, 0.3) is 0 Å². The van der Waals surface area contributed by atoms with E-state index in [1.165, 1.54) is 0 Å². The van der Waals surface area contributed by atoms with Crippen molar-refractivity contribution in [1.29, 1.82) is 0 Å². The highest BCUT2D eigenvalue weighted by molar-refractivity contribution is 9.10. The van der Waals surface area contributed by atoms with Gasteiger partial charge < -0.3 is 11.1 Å². The van der Waals surface area contributed by atoms with Gasteiger partial charge in [0.2, 0.25) is 0 Å². The van der Waals surface area contributed by atoms with E-state index < -0.39 is 0 Å². The Kier molecular flexibility index (Phi) is 2.51. The van der Waals surface area contributed by atoms with Crippen molar-refractivity contribution in [2.24, 2.45) is 5.73 Å². The Morgan fingerprint density at radius 3 is 2.77 bits per heavy atom. The molecule has 1 saturated carbocycles. The van der Waals surface area contributed by atoms with Crippen molar-refractivity contribution in [2.45, 2.75) is 24.9 Å². The first-order valence-corrected chi connectivity index (χ1v) is 5.17. The van der Waals surface area contributed by atoms with E-state index in [0.29, 0.717) is 12.1 Å². The fourth-order valence-corrected chi connectivity index (χ4v) is 1.71. The van der Waals surface area contributed by atoms with Gasteiger partial charge in [-0.2, -0.15) is 0 Å². The van der Waals surface area contributed by atoms with Crippen LogP contribution in [-0.2, 0) is 0 Å². The lowest BCUT2D eigenvalue weighted by Crippen LogP contribution is -2.44. The van der Waals surface area contributed by atoms with Gasteiger partial charge in [-0.05, 0) is 40.9 Å². The van der Waals surface area contributed by atoms with Crippen LogP contribution in [0.1, 0.15) is 12.8 Å². The van der Waals surface area contributed by atoms with Crippen LogP contribution in [0.2, 0.25) is 0 Å². The minimum Gasteiger partial charge on any atom is -0.381 e. The lowest BCUT2D eigenvalue weighted by Gasteiger charge is -2.33. The van der Waals surface area contributed by atoms with Gasteiger partial charge in [-0.15, -0.1) is 0 Å². The standard InChI is InChI=1S/C9H12BrN3/c10-9-2-1-7(5-12-9)13-8-3-6(11)4-8/h1-2,5-6,8,13H,3-4,11H2. The molecule has 0 unspecified atom stereocenters. The van der Waals surface area contributed by atoms with Gasteiger partial charge in [-0.25, -0.2) is 4.98 Å². The van der Waals surface area contributed by atoms with E-state index in [1.807, 2.05) is 18.3 Å². The molecule has 3 nitrogen and oxygen atoms in total. The second-order valence-electron chi connectivity index (χ2n) is 3.44. The summed E-state index contributed by atoms with van der Waals surface area (Å²) in [7, 11) is 0. The summed E-state index contributed by atoms with van der Waals surface area (Å²) in [4.78, 5) is 4.13. The monoisotopic (exact) mass is 241 g/mol. The van der Waals surface area contributed by atoms with Gasteiger partial charge in [-0.3, -0.25) is 0 Å². The zero-order valence-corrected chi connectivity index (χ0v) is 8.79. The first-order valence-electron chi connectivity index (χ1n) is 4.38. The van der Waals surface area contributed by atoms with Crippen molar-refractivity contribution < 1.29 is 0 Å². The van der Waals surface area contributed by atoms with Crippen LogP contribution in [-0.4, -0.2) is 17.1 Å². The zero-order chi connectivity index (χ0) is 9.26. The highest BCUT2D eigenvalue weighted by atomic mass is 79.9. The van der Waals surface area contributed by atoms with E-state index >= 15 is 0 Å². The molecule has 1 fully saturated rings. The van der Waals surface area contributed by atoms with E-state index in [9.17, 15) is 0 Å². The molecule has 0 radical (unpaired) electrons. The number of nitrogens with zero attached hydrogens (tertiary/aromatic N) is 1. The molecule has 0 spiro atoms. The molecule has 4 heteroatoms. The summed E-state index contributed by atoms with van der Waals surface area (Å²) in [6.45, 7) is 0. The fraction of sp³-hybridized carbons (Fsp3) is 0.444.